The Kier molecular flexibility index (Phi) is 6.62. The van der Waals surface area contributed by atoms with Gasteiger partial charge in [0.05, 0.1) is 19.3 Å². The molecule has 2 atom stereocenters. The highest BCUT2D eigenvalue weighted by molar-refractivity contribution is 5.80. The Hall–Kier alpha value is -2.47. The van der Waals surface area contributed by atoms with E-state index in [1.54, 1.807) is 6.07 Å². The predicted octanol–water partition coefficient (Wildman–Crippen LogP) is 3.91. The minimum absolute atomic E-state index is 0.197. The third kappa shape index (κ3) is 4.64. The highest BCUT2D eigenvalue weighted by atomic mass is 16.5. The van der Waals surface area contributed by atoms with Gasteiger partial charge in [-0.25, -0.2) is 4.79 Å². The van der Waals surface area contributed by atoms with E-state index in [1.807, 2.05) is 6.07 Å². The van der Waals surface area contributed by atoms with Crippen LogP contribution in [-0.2, 0) is 17.7 Å². The van der Waals surface area contributed by atoms with Crippen molar-refractivity contribution in [2.75, 3.05) is 26.3 Å². The van der Waals surface area contributed by atoms with E-state index >= 15 is 0 Å². The summed E-state index contributed by atoms with van der Waals surface area (Å²) >= 11 is 0. The predicted molar refractivity (Wildman–Crippen MR) is 120 cm³/mol. The molecule has 1 fully saturated rings. The van der Waals surface area contributed by atoms with Crippen molar-refractivity contribution in [2.24, 2.45) is 0 Å². The van der Waals surface area contributed by atoms with E-state index in [0.29, 0.717) is 12.1 Å². The molecule has 5 heteroatoms. The van der Waals surface area contributed by atoms with E-state index in [4.69, 9.17) is 9.15 Å². The molecule has 0 spiro atoms. The number of morpholine rings is 1. The number of hydrogen-bond acceptors (Lipinski definition) is 5. The van der Waals surface area contributed by atoms with Gasteiger partial charge in [0.25, 0.3) is 0 Å². The van der Waals surface area contributed by atoms with Crippen LogP contribution < -0.4 is 10.9 Å². The Bertz CT molecular complexity index is 1030. The van der Waals surface area contributed by atoms with Crippen molar-refractivity contribution in [1.82, 2.24) is 10.2 Å². The van der Waals surface area contributed by atoms with E-state index < -0.39 is 0 Å². The van der Waals surface area contributed by atoms with Gasteiger partial charge < -0.3 is 14.5 Å². The van der Waals surface area contributed by atoms with E-state index in [0.717, 1.165) is 43.7 Å². The Morgan fingerprint density at radius 1 is 1.07 bits per heavy atom. The molecule has 30 heavy (non-hydrogen) atoms. The minimum atomic E-state index is -0.298. The van der Waals surface area contributed by atoms with Gasteiger partial charge in [0.1, 0.15) is 5.58 Å². The second kappa shape index (κ2) is 9.56. The van der Waals surface area contributed by atoms with Crippen LogP contribution in [0.1, 0.15) is 36.6 Å². The lowest BCUT2D eigenvalue weighted by Crippen LogP contribution is -2.46. The van der Waals surface area contributed by atoms with Crippen LogP contribution in [-0.4, -0.2) is 37.2 Å². The number of nitrogens with one attached hydrogen (secondary N) is 1. The number of benzene rings is 2. The summed E-state index contributed by atoms with van der Waals surface area (Å²) in [6, 6.07) is 18.8. The lowest BCUT2D eigenvalue weighted by Gasteiger charge is -2.38. The topological polar surface area (TPSA) is 54.7 Å². The summed E-state index contributed by atoms with van der Waals surface area (Å²) in [5.41, 5.74) is 3.81. The standard InChI is InChI=1S/C25H30N2O3/c1-3-19-9-10-22-21(16-24(28)30-23(22)15-19)17-26-18(2)25(20-7-5-4-6-8-20)27-11-13-29-14-12-27/h4-10,15-16,18,25-26H,3,11-14,17H2,1-2H3/t18-,25+/m1/s1. The molecule has 0 saturated carbocycles. The van der Waals surface area contributed by atoms with Crippen molar-refractivity contribution in [3.05, 3.63) is 81.7 Å². The zero-order chi connectivity index (χ0) is 20.9. The van der Waals surface area contributed by atoms with Crippen LogP contribution in [0.25, 0.3) is 11.0 Å². The number of nitrogens with zero attached hydrogens (tertiary/aromatic N) is 1. The van der Waals surface area contributed by atoms with Gasteiger partial charge >= 0.3 is 5.63 Å². The first-order chi connectivity index (χ1) is 14.7. The fourth-order valence-electron chi connectivity index (χ4n) is 4.34. The Morgan fingerprint density at radius 3 is 2.57 bits per heavy atom. The number of hydrogen-bond donors (Lipinski definition) is 1. The van der Waals surface area contributed by atoms with Crippen LogP contribution in [0.2, 0.25) is 0 Å². The van der Waals surface area contributed by atoms with Gasteiger partial charge in [0, 0.05) is 37.1 Å². The molecule has 0 bridgehead atoms. The van der Waals surface area contributed by atoms with Gasteiger partial charge in [-0.2, -0.15) is 0 Å². The number of ether oxygens (including phenoxy) is 1. The number of aryl methyl sites for hydroxylation is 1. The molecule has 1 aliphatic rings. The fraction of sp³-hybridized carbons (Fsp3) is 0.400. The Labute approximate surface area is 177 Å². The zero-order valence-electron chi connectivity index (χ0n) is 17.8. The molecule has 1 N–H and O–H groups in total. The summed E-state index contributed by atoms with van der Waals surface area (Å²) in [5, 5.41) is 4.67. The molecular formula is C25H30N2O3. The van der Waals surface area contributed by atoms with Crippen LogP contribution in [0.3, 0.4) is 0 Å². The highest BCUT2D eigenvalue weighted by Gasteiger charge is 2.27. The van der Waals surface area contributed by atoms with Crippen molar-refractivity contribution in [2.45, 2.75) is 38.9 Å². The molecule has 4 rings (SSSR count). The molecule has 3 aromatic rings. The van der Waals surface area contributed by atoms with E-state index in [9.17, 15) is 4.79 Å². The van der Waals surface area contributed by atoms with Crippen molar-refractivity contribution in [1.29, 1.82) is 0 Å². The van der Waals surface area contributed by atoms with Gasteiger partial charge in [-0.1, -0.05) is 49.4 Å². The first-order valence-electron chi connectivity index (χ1n) is 10.8. The Morgan fingerprint density at radius 2 is 1.83 bits per heavy atom. The largest absolute Gasteiger partial charge is 0.423 e. The van der Waals surface area contributed by atoms with Crippen molar-refractivity contribution in [3.8, 4) is 0 Å². The monoisotopic (exact) mass is 406 g/mol. The maximum Gasteiger partial charge on any atom is 0.336 e. The molecule has 1 aromatic heterocycles. The zero-order valence-corrected chi connectivity index (χ0v) is 17.8. The Balaban J connectivity index is 1.57. The summed E-state index contributed by atoms with van der Waals surface area (Å²) in [6.07, 6.45) is 0.914. The molecule has 5 nitrogen and oxygen atoms in total. The van der Waals surface area contributed by atoms with Gasteiger partial charge in [-0.05, 0) is 36.1 Å². The molecule has 0 aliphatic carbocycles. The summed E-state index contributed by atoms with van der Waals surface area (Å²) in [7, 11) is 0. The van der Waals surface area contributed by atoms with Crippen LogP contribution in [0.15, 0.2) is 63.8 Å². The molecule has 0 radical (unpaired) electrons. The quantitative estimate of drug-likeness (QED) is 0.603. The first-order valence-corrected chi connectivity index (χ1v) is 10.8. The van der Waals surface area contributed by atoms with Crippen LogP contribution in [0.5, 0.6) is 0 Å². The van der Waals surface area contributed by atoms with Crippen molar-refractivity contribution in [3.63, 3.8) is 0 Å². The fourth-order valence-corrected chi connectivity index (χ4v) is 4.34. The van der Waals surface area contributed by atoms with Gasteiger partial charge in [0.15, 0.2) is 0 Å². The molecule has 1 aliphatic heterocycles. The van der Waals surface area contributed by atoms with Gasteiger partial charge in [-0.15, -0.1) is 0 Å². The molecule has 1 saturated heterocycles. The molecular weight excluding hydrogens is 376 g/mol. The maximum absolute atomic E-state index is 12.1. The first kappa shape index (κ1) is 20.8. The average molecular weight is 407 g/mol. The second-order valence-electron chi connectivity index (χ2n) is 7.95. The minimum Gasteiger partial charge on any atom is -0.423 e. The lowest BCUT2D eigenvalue weighted by atomic mass is 9.97. The van der Waals surface area contributed by atoms with Gasteiger partial charge in [0.2, 0.25) is 0 Å². The lowest BCUT2D eigenvalue weighted by molar-refractivity contribution is 0.00855. The van der Waals surface area contributed by atoms with E-state index in [2.05, 4.69) is 66.5 Å². The average Bonchev–Trinajstić information content (AvgIpc) is 2.78. The normalized spacial score (nSPS) is 17.1. The summed E-state index contributed by atoms with van der Waals surface area (Å²) in [4.78, 5) is 14.6. The SMILES string of the molecule is CCc1ccc2c(CN[C@H](C)[C@@H](c3ccccc3)N3CCOCC3)cc(=O)oc2c1. The third-order valence-electron chi connectivity index (χ3n) is 5.97. The second-order valence-corrected chi connectivity index (χ2v) is 7.95. The number of rotatable bonds is 7. The molecule has 158 valence electrons. The van der Waals surface area contributed by atoms with Crippen LogP contribution in [0.4, 0.5) is 0 Å². The molecule has 0 unspecified atom stereocenters. The van der Waals surface area contributed by atoms with Crippen molar-refractivity contribution >= 4 is 11.0 Å². The molecule has 0 amide bonds. The summed E-state index contributed by atoms with van der Waals surface area (Å²) < 4.78 is 11.0. The highest BCUT2D eigenvalue weighted by Crippen LogP contribution is 2.26. The third-order valence-corrected chi connectivity index (χ3v) is 5.97. The van der Waals surface area contributed by atoms with Gasteiger partial charge in [-0.3, -0.25) is 4.90 Å². The summed E-state index contributed by atoms with van der Waals surface area (Å²) in [6.45, 7) is 8.30. The summed E-state index contributed by atoms with van der Waals surface area (Å²) in [5.74, 6) is 0. The van der Waals surface area contributed by atoms with Crippen molar-refractivity contribution < 1.29 is 9.15 Å². The van der Waals surface area contributed by atoms with E-state index in [-0.39, 0.29) is 17.7 Å². The molecule has 2 heterocycles. The molecule has 2 aromatic carbocycles. The number of fused-ring (bicyclic) bond motifs is 1. The van der Waals surface area contributed by atoms with E-state index in [1.165, 1.54) is 11.1 Å². The maximum atomic E-state index is 12.1. The smallest absolute Gasteiger partial charge is 0.336 e. The van der Waals surface area contributed by atoms with Crippen LogP contribution >= 0.6 is 0 Å². The van der Waals surface area contributed by atoms with Crippen LogP contribution in [0, 0.1) is 0 Å².